The van der Waals surface area contributed by atoms with Gasteiger partial charge in [0.05, 0.1) is 17.2 Å². The minimum atomic E-state index is -0.274. The molecule has 0 fully saturated rings. The van der Waals surface area contributed by atoms with Crippen molar-refractivity contribution in [2.24, 2.45) is 5.10 Å². The highest BCUT2D eigenvalue weighted by Crippen LogP contribution is 2.28. The number of nitrogens with two attached hydrogens (primary N) is 1. The highest BCUT2D eigenvalue weighted by Gasteiger charge is 2.24. The first-order valence-corrected chi connectivity index (χ1v) is 11.8. The van der Waals surface area contributed by atoms with Crippen LogP contribution in [-0.2, 0) is 0 Å². The lowest BCUT2D eigenvalue weighted by Crippen LogP contribution is -2.25. The Kier molecular flexibility index (Phi) is 6.27. The van der Waals surface area contributed by atoms with E-state index in [0.29, 0.717) is 39.3 Å². The van der Waals surface area contributed by atoms with Gasteiger partial charge in [0.25, 0.3) is 5.91 Å². The van der Waals surface area contributed by atoms with E-state index in [1.807, 2.05) is 36.4 Å². The molecule has 2 heterocycles. The van der Waals surface area contributed by atoms with E-state index in [1.54, 1.807) is 18.3 Å². The lowest BCUT2D eigenvalue weighted by molar-refractivity contribution is 0.0956. The van der Waals surface area contributed by atoms with Gasteiger partial charge in [0.2, 0.25) is 0 Å². The van der Waals surface area contributed by atoms with Gasteiger partial charge in [-0.1, -0.05) is 47.5 Å². The number of nitrogens with one attached hydrogen (secondary N) is 1. The first kappa shape index (κ1) is 22.1. The number of benzene rings is 2. The van der Waals surface area contributed by atoms with Crippen LogP contribution in [-0.4, -0.2) is 33.3 Å². The van der Waals surface area contributed by atoms with E-state index < -0.39 is 0 Å². The Morgan fingerprint density at radius 2 is 1.88 bits per heavy atom. The minimum Gasteiger partial charge on any atom is -0.383 e. The largest absolute Gasteiger partial charge is 0.383 e. The van der Waals surface area contributed by atoms with E-state index >= 15 is 0 Å². The van der Waals surface area contributed by atoms with Crippen LogP contribution in [0.25, 0.3) is 22.2 Å². The molecule has 1 aliphatic carbocycles. The highest BCUT2D eigenvalue weighted by molar-refractivity contribution is 6.30. The second-order valence-electron chi connectivity index (χ2n) is 8.37. The van der Waals surface area contributed by atoms with Crippen molar-refractivity contribution >= 4 is 51.7 Å². The zero-order valence-corrected chi connectivity index (χ0v) is 19.4. The van der Waals surface area contributed by atoms with Gasteiger partial charge in [0, 0.05) is 11.6 Å². The fourth-order valence-electron chi connectivity index (χ4n) is 4.22. The molecular weight excluding hydrogens is 448 g/mol. The SMILES string of the molecule is Nc1c(C(=O)NCCC2=CCCCC2)c2nc3ccccc3nc2n1N=Cc1ccc(Cl)cc1. The summed E-state index contributed by atoms with van der Waals surface area (Å²) in [5.74, 6) is -0.0752. The van der Waals surface area contributed by atoms with Crippen LogP contribution in [0, 0.1) is 0 Å². The van der Waals surface area contributed by atoms with Crippen molar-refractivity contribution in [2.45, 2.75) is 32.1 Å². The molecule has 4 aromatic rings. The van der Waals surface area contributed by atoms with Gasteiger partial charge in [0.1, 0.15) is 16.9 Å². The number of nitrogens with zero attached hydrogens (tertiary/aromatic N) is 4. The maximum atomic E-state index is 13.2. The predicted octanol–water partition coefficient (Wildman–Crippen LogP) is 5.32. The van der Waals surface area contributed by atoms with Gasteiger partial charge in [0.15, 0.2) is 5.65 Å². The summed E-state index contributed by atoms with van der Waals surface area (Å²) in [5, 5.41) is 8.18. The molecule has 0 unspecified atom stereocenters. The van der Waals surface area contributed by atoms with Crippen molar-refractivity contribution in [2.75, 3.05) is 12.3 Å². The van der Waals surface area contributed by atoms with E-state index in [2.05, 4.69) is 16.5 Å². The van der Waals surface area contributed by atoms with Crippen LogP contribution >= 0.6 is 11.6 Å². The normalized spacial score (nSPS) is 14.1. The van der Waals surface area contributed by atoms with Crippen LogP contribution in [0.1, 0.15) is 48.0 Å². The molecule has 2 aromatic carbocycles. The molecule has 8 heteroatoms. The number of hydrogen-bond acceptors (Lipinski definition) is 5. The number of rotatable bonds is 6. The number of para-hydroxylation sites is 2. The molecule has 0 aliphatic heterocycles. The Bertz CT molecular complexity index is 1420. The van der Waals surface area contributed by atoms with Crippen molar-refractivity contribution in [3.05, 3.63) is 76.3 Å². The van der Waals surface area contributed by atoms with Gasteiger partial charge < -0.3 is 11.1 Å². The molecule has 1 aliphatic rings. The Labute approximate surface area is 202 Å². The molecule has 0 bridgehead atoms. The number of aromatic nitrogens is 3. The molecule has 0 saturated heterocycles. The van der Waals surface area contributed by atoms with Gasteiger partial charge in [-0.2, -0.15) is 9.78 Å². The number of halogens is 1. The van der Waals surface area contributed by atoms with Crippen molar-refractivity contribution in [3.63, 3.8) is 0 Å². The van der Waals surface area contributed by atoms with Crippen molar-refractivity contribution in [1.29, 1.82) is 0 Å². The van der Waals surface area contributed by atoms with Gasteiger partial charge in [-0.3, -0.25) is 4.79 Å². The van der Waals surface area contributed by atoms with Gasteiger partial charge in [-0.25, -0.2) is 9.97 Å². The average molecular weight is 473 g/mol. The maximum Gasteiger partial charge on any atom is 0.257 e. The molecule has 0 radical (unpaired) electrons. The summed E-state index contributed by atoms with van der Waals surface area (Å²) >= 11 is 5.98. The Morgan fingerprint density at radius 3 is 2.62 bits per heavy atom. The van der Waals surface area contributed by atoms with Crippen LogP contribution in [0.2, 0.25) is 5.02 Å². The number of fused-ring (bicyclic) bond motifs is 2. The van der Waals surface area contributed by atoms with Gasteiger partial charge in [-0.15, -0.1) is 0 Å². The smallest absolute Gasteiger partial charge is 0.257 e. The lowest BCUT2D eigenvalue weighted by atomic mass is 9.97. The second kappa shape index (κ2) is 9.65. The molecule has 0 spiro atoms. The topological polar surface area (TPSA) is 98.2 Å². The number of allylic oxidation sites excluding steroid dienone is 1. The summed E-state index contributed by atoms with van der Waals surface area (Å²) in [6.45, 7) is 0.547. The zero-order chi connectivity index (χ0) is 23.5. The number of nitrogen functional groups attached to an aromatic ring is 1. The van der Waals surface area contributed by atoms with Crippen LogP contribution in [0.3, 0.4) is 0 Å². The van der Waals surface area contributed by atoms with E-state index in [9.17, 15) is 4.79 Å². The summed E-state index contributed by atoms with van der Waals surface area (Å²) in [6, 6.07) is 14.8. The summed E-state index contributed by atoms with van der Waals surface area (Å²) in [4.78, 5) is 22.7. The predicted molar refractivity (Wildman–Crippen MR) is 137 cm³/mol. The molecule has 0 atom stereocenters. The minimum absolute atomic E-state index is 0.199. The quantitative estimate of drug-likeness (QED) is 0.293. The molecule has 0 saturated carbocycles. The maximum absolute atomic E-state index is 13.2. The first-order valence-electron chi connectivity index (χ1n) is 11.4. The summed E-state index contributed by atoms with van der Waals surface area (Å²) in [5.41, 5.74) is 11.2. The van der Waals surface area contributed by atoms with Gasteiger partial charge in [-0.05, 0) is 61.9 Å². The van der Waals surface area contributed by atoms with Crippen LogP contribution in [0.4, 0.5) is 5.82 Å². The summed E-state index contributed by atoms with van der Waals surface area (Å²) in [6.07, 6.45) is 9.47. The molecule has 3 N–H and O–H groups in total. The Morgan fingerprint density at radius 1 is 1.12 bits per heavy atom. The Balaban J connectivity index is 1.51. The third-order valence-corrected chi connectivity index (χ3v) is 6.26. The number of amides is 1. The van der Waals surface area contributed by atoms with Crippen LogP contribution < -0.4 is 11.1 Å². The van der Waals surface area contributed by atoms with E-state index in [1.165, 1.54) is 23.1 Å². The van der Waals surface area contributed by atoms with Crippen molar-refractivity contribution in [3.8, 4) is 0 Å². The fraction of sp³-hybridized carbons (Fsp3) is 0.231. The number of hydrogen-bond donors (Lipinski definition) is 2. The molecule has 1 amide bonds. The van der Waals surface area contributed by atoms with Gasteiger partial charge >= 0.3 is 0 Å². The lowest BCUT2D eigenvalue weighted by Gasteiger charge is -2.12. The number of carbonyl (C=O) groups is 1. The first-order chi connectivity index (χ1) is 16.6. The van der Waals surface area contributed by atoms with Crippen LogP contribution in [0.15, 0.2) is 65.3 Å². The van der Waals surface area contributed by atoms with E-state index in [0.717, 1.165) is 24.8 Å². The number of anilines is 1. The standard InChI is InChI=1S/C26H25ClN6O/c27-19-12-10-18(11-13-19)16-30-33-24(28)22(26(34)29-15-14-17-6-2-1-3-7-17)23-25(33)32-21-9-5-4-8-20(21)31-23/h4-6,8-13,16H,1-3,7,14-15,28H2,(H,29,34). The third kappa shape index (κ3) is 4.52. The third-order valence-electron chi connectivity index (χ3n) is 6.01. The molecule has 34 heavy (non-hydrogen) atoms. The molecule has 5 rings (SSSR count). The summed E-state index contributed by atoms with van der Waals surface area (Å²) in [7, 11) is 0. The molecular formula is C26H25ClN6O. The number of carbonyl (C=O) groups excluding carboxylic acids is 1. The average Bonchev–Trinajstić information content (AvgIpc) is 3.13. The van der Waals surface area contributed by atoms with Crippen molar-refractivity contribution < 1.29 is 4.79 Å². The Hall–Kier alpha value is -3.71. The molecule has 7 nitrogen and oxygen atoms in total. The van der Waals surface area contributed by atoms with E-state index in [4.69, 9.17) is 27.3 Å². The van der Waals surface area contributed by atoms with Crippen LogP contribution in [0.5, 0.6) is 0 Å². The van der Waals surface area contributed by atoms with E-state index in [-0.39, 0.29) is 11.7 Å². The second-order valence-corrected chi connectivity index (χ2v) is 8.80. The highest BCUT2D eigenvalue weighted by atomic mass is 35.5. The monoisotopic (exact) mass is 472 g/mol. The molecule has 2 aromatic heterocycles. The summed E-state index contributed by atoms with van der Waals surface area (Å²) < 4.78 is 1.47. The molecule has 172 valence electrons. The fourth-order valence-corrected chi connectivity index (χ4v) is 4.34. The van der Waals surface area contributed by atoms with Crippen molar-refractivity contribution in [1.82, 2.24) is 20.0 Å². The zero-order valence-electron chi connectivity index (χ0n) is 18.7.